The zero-order valence-corrected chi connectivity index (χ0v) is 18.3. The van der Waals surface area contributed by atoms with Crippen molar-refractivity contribution in [3.8, 4) is 0 Å². The molecule has 31 heavy (non-hydrogen) atoms. The van der Waals surface area contributed by atoms with E-state index < -0.39 is 10.0 Å². The molecule has 1 saturated heterocycles. The van der Waals surface area contributed by atoms with Crippen molar-refractivity contribution in [2.75, 3.05) is 18.4 Å². The van der Waals surface area contributed by atoms with E-state index in [-0.39, 0.29) is 22.9 Å². The first kappa shape index (κ1) is 20.0. The Kier molecular flexibility index (Phi) is 4.75. The zero-order chi connectivity index (χ0) is 21.8. The predicted molar refractivity (Wildman–Crippen MR) is 118 cm³/mol. The summed E-state index contributed by atoms with van der Waals surface area (Å²) < 4.78 is 30.0. The first-order valence-corrected chi connectivity index (χ1v) is 11.9. The molecule has 2 aliphatic rings. The predicted octanol–water partition coefficient (Wildman–Crippen LogP) is 2.46. The fourth-order valence-corrected chi connectivity index (χ4v) is 5.92. The number of aryl methyl sites for hydroxylation is 2. The van der Waals surface area contributed by atoms with Crippen LogP contribution >= 0.6 is 0 Å². The van der Waals surface area contributed by atoms with Gasteiger partial charge in [-0.05, 0) is 56.0 Å². The summed E-state index contributed by atoms with van der Waals surface area (Å²) in [5.41, 5.74) is 3.09. The molecule has 2 aromatic carbocycles. The number of anilines is 1. The topological polar surface area (TPSA) is 96.3 Å². The van der Waals surface area contributed by atoms with Crippen LogP contribution in [0.5, 0.6) is 0 Å². The van der Waals surface area contributed by atoms with Crippen molar-refractivity contribution in [2.24, 2.45) is 13.0 Å². The molecule has 1 amide bonds. The molecule has 1 aromatic heterocycles. The van der Waals surface area contributed by atoms with E-state index in [0.717, 1.165) is 29.7 Å². The largest absolute Gasteiger partial charge is 0.368 e. The highest BCUT2D eigenvalue weighted by atomic mass is 32.2. The number of carbonyl (C=O) groups excluding carboxylic acids is 1. The van der Waals surface area contributed by atoms with Crippen molar-refractivity contribution in [1.82, 2.24) is 19.2 Å². The van der Waals surface area contributed by atoms with E-state index >= 15 is 0 Å². The van der Waals surface area contributed by atoms with Crippen LogP contribution in [-0.4, -0.2) is 48.0 Å². The molecule has 1 fully saturated rings. The summed E-state index contributed by atoms with van der Waals surface area (Å²) in [5, 5.41) is 3.32. The molecule has 0 radical (unpaired) electrons. The summed E-state index contributed by atoms with van der Waals surface area (Å²) in [6, 6.07) is 12.6. The minimum atomic E-state index is -3.54. The van der Waals surface area contributed by atoms with E-state index in [0.29, 0.717) is 24.3 Å². The van der Waals surface area contributed by atoms with Gasteiger partial charge in [-0.15, -0.1) is 0 Å². The van der Waals surface area contributed by atoms with Crippen LogP contribution in [0.4, 0.5) is 5.69 Å². The van der Waals surface area contributed by atoms with Crippen LogP contribution in [0.1, 0.15) is 29.0 Å². The molecule has 8 nitrogen and oxygen atoms in total. The molecule has 0 bridgehead atoms. The number of aromatic nitrogens is 2. The van der Waals surface area contributed by atoms with Gasteiger partial charge in [-0.3, -0.25) is 4.79 Å². The smallest absolute Gasteiger partial charge is 0.253 e. The minimum absolute atomic E-state index is 0.00816. The van der Waals surface area contributed by atoms with Crippen LogP contribution in [0.2, 0.25) is 0 Å². The number of amides is 1. The first-order valence-electron chi connectivity index (χ1n) is 10.4. The van der Waals surface area contributed by atoms with Crippen LogP contribution in [-0.2, 0) is 17.1 Å². The maximum atomic E-state index is 13.0. The number of fused-ring (bicyclic) bond motifs is 2. The van der Waals surface area contributed by atoms with E-state index in [4.69, 9.17) is 0 Å². The second-order valence-corrected chi connectivity index (χ2v) is 9.97. The van der Waals surface area contributed by atoms with Gasteiger partial charge in [0.05, 0.1) is 22.9 Å². The molecule has 0 unspecified atom stereocenters. The quantitative estimate of drug-likeness (QED) is 0.640. The van der Waals surface area contributed by atoms with E-state index in [2.05, 4.69) is 15.0 Å². The Labute approximate surface area is 181 Å². The van der Waals surface area contributed by atoms with Crippen LogP contribution in [0.15, 0.2) is 47.4 Å². The third-order valence-electron chi connectivity index (χ3n) is 6.42. The second-order valence-electron chi connectivity index (χ2n) is 8.29. The average Bonchev–Trinajstić information content (AvgIpc) is 3.06. The number of hydrogen-bond acceptors (Lipinski definition) is 5. The molecule has 1 atom stereocenters. The van der Waals surface area contributed by atoms with Gasteiger partial charge in [-0.1, -0.05) is 12.1 Å². The molecular formula is C22H25N5O3S. The molecule has 0 aliphatic carbocycles. The van der Waals surface area contributed by atoms with Crippen molar-refractivity contribution in [2.45, 2.75) is 30.8 Å². The van der Waals surface area contributed by atoms with Crippen molar-refractivity contribution >= 4 is 32.7 Å². The molecular weight excluding hydrogens is 414 g/mol. The van der Waals surface area contributed by atoms with Crippen LogP contribution in [0.3, 0.4) is 0 Å². The number of benzene rings is 2. The standard InChI is InChI=1S/C22H25N5O3S/c1-14-23-18-13-16(7-8-19(18)26(14)2)22(28)27-11-9-15(10-12-27)21-24-17-5-3-4-6-20(17)31(29,30)25-21/h3-8,13,15,21,24-25H,9-12H2,1-2H3/t21-/m1/s1. The van der Waals surface area contributed by atoms with Gasteiger partial charge in [0.1, 0.15) is 10.7 Å². The Morgan fingerprint density at radius 2 is 1.87 bits per heavy atom. The molecule has 0 saturated carbocycles. The fraction of sp³-hybridized carbons (Fsp3) is 0.364. The van der Waals surface area contributed by atoms with Crippen molar-refractivity contribution < 1.29 is 13.2 Å². The Bertz CT molecular complexity index is 1280. The minimum Gasteiger partial charge on any atom is -0.368 e. The highest BCUT2D eigenvalue weighted by Gasteiger charge is 2.36. The van der Waals surface area contributed by atoms with Gasteiger partial charge in [0.2, 0.25) is 10.0 Å². The zero-order valence-electron chi connectivity index (χ0n) is 17.5. The van der Waals surface area contributed by atoms with E-state index in [1.54, 1.807) is 18.2 Å². The van der Waals surface area contributed by atoms with Gasteiger partial charge in [0.15, 0.2) is 0 Å². The molecule has 2 aliphatic heterocycles. The van der Waals surface area contributed by atoms with Crippen LogP contribution in [0.25, 0.3) is 11.0 Å². The maximum absolute atomic E-state index is 13.0. The summed E-state index contributed by atoms with van der Waals surface area (Å²) in [4.78, 5) is 19.7. The molecule has 3 heterocycles. The number of hydrogen-bond donors (Lipinski definition) is 2. The number of likely N-dealkylation sites (tertiary alicyclic amines) is 1. The summed E-state index contributed by atoms with van der Waals surface area (Å²) in [6.45, 7) is 3.12. The fourth-order valence-electron chi connectivity index (χ4n) is 4.53. The molecule has 3 aromatic rings. The van der Waals surface area contributed by atoms with Crippen molar-refractivity contribution in [3.63, 3.8) is 0 Å². The van der Waals surface area contributed by atoms with Gasteiger partial charge in [0.25, 0.3) is 5.91 Å². The molecule has 0 spiro atoms. The molecule has 162 valence electrons. The molecule has 2 N–H and O–H groups in total. The SMILES string of the molecule is Cc1nc2cc(C(=O)N3CCC([C@@H]4Nc5ccccc5S(=O)(=O)N4)CC3)ccc2n1C. The van der Waals surface area contributed by atoms with E-state index in [1.807, 2.05) is 47.7 Å². The lowest BCUT2D eigenvalue weighted by Crippen LogP contribution is -2.52. The lowest BCUT2D eigenvalue weighted by atomic mass is 9.93. The number of nitrogens with one attached hydrogen (secondary N) is 2. The Balaban J connectivity index is 1.28. The Morgan fingerprint density at radius 3 is 2.65 bits per heavy atom. The monoisotopic (exact) mass is 439 g/mol. The van der Waals surface area contributed by atoms with E-state index in [1.165, 1.54) is 0 Å². The number of nitrogens with zero attached hydrogens (tertiary/aromatic N) is 3. The normalized spacial score (nSPS) is 21.0. The van der Waals surface area contributed by atoms with Gasteiger partial charge in [-0.25, -0.2) is 13.4 Å². The van der Waals surface area contributed by atoms with E-state index in [9.17, 15) is 13.2 Å². The third kappa shape index (κ3) is 3.47. The maximum Gasteiger partial charge on any atom is 0.253 e. The second kappa shape index (κ2) is 7.35. The summed E-state index contributed by atoms with van der Waals surface area (Å²) >= 11 is 0. The first-order chi connectivity index (χ1) is 14.8. The average molecular weight is 440 g/mol. The van der Waals surface area contributed by atoms with Crippen LogP contribution < -0.4 is 10.0 Å². The van der Waals surface area contributed by atoms with Gasteiger partial charge in [0, 0.05) is 25.7 Å². The number of piperidine rings is 1. The summed E-state index contributed by atoms with van der Waals surface area (Å²) in [5.74, 6) is 1.00. The van der Waals surface area contributed by atoms with Crippen molar-refractivity contribution in [3.05, 3.63) is 53.9 Å². The third-order valence-corrected chi connectivity index (χ3v) is 7.92. The number of sulfonamides is 1. The highest BCUT2D eigenvalue weighted by Crippen LogP contribution is 2.31. The van der Waals surface area contributed by atoms with Gasteiger partial charge < -0.3 is 14.8 Å². The lowest BCUT2D eigenvalue weighted by Gasteiger charge is -2.38. The van der Waals surface area contributed by atoms with Gasteiger partial charge >= 0.3 is 0 Å². The lowest BCUT2D eigenvalue weighted by molar-refractivity contribution is 0.0679. The van der Waals surface area contributed by atoms with Crippen LogP contribution in [0, 0.1) is 12.8 Å². The molecule has 5 rings (SSSR count). The number of para-hydroxylation sites is 1. The number of imidazole rings is 1. The Morgan fingerprint density at radius 1 is 1.13 bits per heavy atom. The number of carbonyl (C=O) groups is 1. The van der Waals surface area contributed by atoms with Crippen molar-refractivity contribution in [1.29, 1.82) is 0 Å². The number of rotatable bonds is 2. The molecule has 9 heteroatoms. The highest BCUT2D eigenvalue weighted by molar-refractivity contribution is 7.89. The summed E-state index contributed by atoms with van der Waals surface area (Å²) in [7, 11) is -1.58. The van der Waals surface area contributed by atoms with Gasteiger partial charge in [-0.2, -0.15) is 4.72 Å². The summed E-state index contributed by atoms with van der Waals surface area (Å²) in [6.07, 6.45) is 1.07. The Hall–Kier alpha value is -2.91.